The number of anilines is 2. The molecule has 1 aromatic carbocycles. The van der Waals surface area contributed by atoms with Gasteiger partial charge in [-0.3, -0.25) is 9.82 Å². The summed E-state index contributed by atoms with van der Waals surface area (Å²) in [6.07, 6.45) is 1.56. The number of H-pyrrole nitrogens is 1. The molecular formula is C13H18N4O2S. The van der Waals surface area contributed by atoms with Crippen LogP contribution in [-0.2, 0) is 10.0 Å². The molecule has 0 aliphatic rings. The molecule has 0 aliphatic carbocycles. The van der Waals surface area contributed by atoms with E-state index in [0.29, 0.717) is 22.6 Å². The second-order valence-electron chi connectivity index (χ2n) is 4.91. The van der Waals surface area contributed by atoms with Crippen LogP contribution in [0.3, 0.4) is 0 Å². The quantitative estimate of drug-likeness (QED) is 0.754. The number of nitrogen functional groups attached to an aromatic ring is 1. The summed E-state index contributed by atoms with van der Waals surface area (Å²) >= 11 is 0. The van der Waals surface area contributed by atoms with E-state index in [0.717, 1.165) is 11.1 Å². The summed E-state index contributed by atoms with van der Waals surface area (Å²) in [5.41, 5.74) is 9.26. The highest BCUT2D eigenvalue weighted by molar-refractivity contribution is 7.92. The molecule has 0 amide bonds. The number of rotatable bonds is 3. The van der Waals surface area contributed by atoms with E-state index in [1.807, 2.05) is 6.92 Å². The molecule has 4 N–H and O–H groups in total. The summed E-state index contributed by atoms with van der Waals surface area (Å²) in [7, 11) is -3.71. The predicted molar refractivity (Wildman–Crippen MR) is 79.2 cm³/mol. The van der Waals surface area contributed by atoms with Gasteiger partial charge in [0.1, 0.15) is 5.82 Å². The molecule has 0 bridgehead atoms. The Balaban J connectivity index is 2.56. The molecule has 0 unspecified atom stereocenters. The Morgan fingerprint density at radius 3 is 2.35 bits per heavy atom. The third kappa shape index (κ3) is 2.36. The van der Waals surface area contributed by atoms with Crippen LogP contribution in [0.4, 0.5) is 11.5 Å². The molecule has 108 valence electrons. The highest BCUT2D eigenvalue weighted by Crippen LogP contribution is 2.29. The van der Waals surface area contributed by atoms with Crippen LogP contribution in [0.2, 0.25) is 0 Å². The fourth-order valence-corrected chi connectivity index (χ4v) is 3.80. The standard InChI is InChI=1S/C13H18N4O2S/c1-7-5-8(2)12(10(4)11(7)14)20(18,19)17-13-9(3)6-15-16-13/h5-6H,14H2,1-4H3,(H2,15,16,17). The van der Waals surface area contributed by atoms with E-state index in [2.05, 4.69) is 14.9 Å². The Labute approximate surface area is 118 Å². The Morgan fingerprint density at radius 2 is 1.80 bits per heavy atom. The molecule has 0 aliphatic heterocycles. The average Bonchev–Trinajstić information content (AvgIpc) is 2.71. The zero-order chi connectivity index (χ0) is 15.1. The number of aromatic amines is 1. The molecule has 6 nitrogen and oxygen atoms in total. The van der Waals surface area contributed by atoms with E-state index in [9.17, 15) is 8.42 Å². The smallest absolute Gasteiger partial charge is 0.263 e. The highest BCUT2D eigenvalue weighted by Gasteiger charge is 2.23. The second-order valence-corrected chi connectivity index (χ2v) is 6.53. The molecular weight excluding hydrogens is 276 g/mol. The minimum Gasteiger partial charge on any atom is -0.398 e. The summed E-state index contributed by atoms with van der Waals surface area (Å²) in [6, 6.07) is 1.77. The zero-order valence-corrected chi connectivity index (χ0v) is 12.7. The normalized spacial score (nSPS) is 11.6. The first kappa shape index (κ1) is 14.4. The molecule has 0 saturated carbocycles. The van der Waals surface area contributed by atoms with Crippen LogP contribution in [-0.4, -0.2) is 18.6 Å². The Kier molecular flexibility index (Phi) is 3.47. The van der Waals surface area contributed by atoms with E-state index in [1.165, 1.54) is 0 Å². The highest BCUT2D eigenvalue weighted by atomic mass is 32.2. The Hall–Kier alpha value is -2.02. The molecule has 1 aromatic heterocycles. The number of aromatic nitrogens is 2. The fraction of sp³-hybridized carbons (Fsp3) is 0.308. The van der Waals surface area contributed by atoms with Gasteiger partial charge in [-0.15, -0.1) is 0 Å². The van der Waals surface area contributed by atoms with Crippen molar-refractivity contribution < 1.29 is 8.42 Å². The van der Waals surface area contributed by atoms with Crippen LogP contribution in [0.1, 0.15) is 22.3 Å². The maximum atomic E-state index is 12.5. The van der Waals surface area contributed by atoms with Crippen LogP contribution < -0.4 is 10.5 Å². The van der Waals surface area contributed by atoms with Gasteiger partial charge < -0.3 is 5.73 Å². The molecule has 0 spiro atoms. The van der Waals surface area contributed by atoms with Crippen molar-refractivity contribution >= 4 is 21.5 Å². The molecule has 0 atom stereocenters. The number of benzene rings is 1. The van der Waals surface area contributed by atoms with E-state index in [1.54, 1.807) is 33.0 Å². The summed E-state index contributed by atoms with van der Waals surface area (Å²) in [4.78, 5) is 0.217. The van der Waals surface area contributed by atoms with Crippen LogP contribution in [0, 0.1) is 27.7 Å². The lowest BCUT2D eigenvalue weighted by atomic mass is 10.1. The minimum atomic E-state index is -3.71. The van der Waals surface area contributed by atoms with Gasteiger partial charge in [-0.2, -0.15) is 5.10 Å². The lowest BCUT2D eigenvalue weighted by molar-refractivity contribution is 0.599. The van der Waals surface area contributed by atoms with Gasteiger partial charge in [0.25, 0.3) is 10.0 Å². The molecule has 2 aromatic rings. The second kappa shape index (κ2) is 4.82. The topological polar surface area (TPSA) is 101 Å². The van der Waals surface area contributed by atoms with Gasteiger partial charge in [-0.05, 0) is 44.4 Å². The van der Waals surface area contributed by atoms with Gasteiger partial charge in [0, 0.05) is 11.3 Å². The fourth-order valence-electron chi connectivity index (χ4n) is 2.23. The van der Waals surface area contributed by atoms with Gasteiger partial charge in [-0.25, -0.2) is 8.42 Å². The maximum absolute atomic E-state index is 12.5. The number of aryl methyl sites for hydroxylation is 3. The monoisotopic (exact) mass is 294 g/mol. The van der Waals surface area contributed by atoms with E-state index in [4.69, 9.17) is 5.73 Å². The van der Waals surface area contributed by atoms with E-state index >= 15 is 0 Å². The van der Waals surface area contributed by atoms with Crippen molar-refractivity contribution in [1.82, 2.24) is 10.2 Å². The molecule has 0 saturated heterocycles. The zero-order valence-electron chi connectivity index (χ0n) is 11.9. The number of hydrogen-bond donors (Lipinski definition) is 3. The molecule has 0 radical (unpaired) electrons. The van der Waals surface area contributed by atoms with Gasteiger partial charge in [0.05, 0.1) is 11.1 Å². The van der Waals surface area contributed by atoms with Crippen LogP contribution in [0.5, 0.6) is 0 Å². The molecule has 0 fully saturated rings. The van der Waals surface area contributed by atoms with Crippen molar-refractivity contribution in [2.45, 2.75) is 32.6 Å². The summed E-state index contributed by atoms with van der Waals surface area (Å²) < 4.78 is 27.6. The lowest BCUT2D eigenvalue weighted by Crippen LogP contribution is -2.17. The molecule has 20 heavy (non-hydrogen) atoms. The van der Waals surface area contributed by atoms with Crippen molar-refractivity contribution in [3.8, 4) is 0 Å². The summed E-state index contributed by atoms with van der Waals surface area (Å²) in [5.74, 6) is 0.364. The van der Waals surface area contributed by atoms with Crippen molar-refractivity contribution in [2.75, 3.05) is 10.5 Å². The lowest BCUT2D eigenvalue weighted by Gasteiger charge is -2.15. The molecule has 1 heterocycles. The van der Waals surface area contributed by atoms with Crippen LogP contribution in [0.15, 0.2) is 17.2 Å². The first-order chi connectivity index (χ1) is 9.24. The number of sulfonamides is 1. The summed E-state index contributed by atoms with van der Waals surface area (Å²) in [6.45, 7) is 7.10. The Bertz CT molecular complexity index is 763. The van der Waals surface area contributed by atoms with E-state index < -0.39 is 10.0 Å². The maximum Gasteiger partial charge on any atom is 0.263 e. The average molecular weight is 294 g/mol. The predicted octanol–water partition coefficient (Wildman–Crippen LogP) is 2.03. The van der Waals surface area contributed by atoms with Crippen LogP contribution in [0.25, 0.3) is 0 Å². The number of nitrogens with zero attached hydrogens (tertiary/aromatic N) is 1. The van der Waals surface area contributed by atoms with E-state index in [-0.39, 0.29) is 4.90 Å². The van der Waals surface area contributed by atoms with Gasteiger partial charge in [0.15, 0.2) is 0 Å². The van der Waals surface area contributed by atoms with Crippen molar-refractivity contribution in [2.24, 2.45) is 0 Å². The van der Waals surface area contributed by atoms with Crippen molar-refractivity contribution in [3.63, 3.8) is 0 Å². The Morgan fingerprint density at radius 1 is 1.15 bits per heavy atom. The third-order valence-electron chi connectivity index (χ3n) is 3.29. The van der Waals surface area contributed by atoms with Crippen molar-refractivity contribution in [3.05, 3.63) is 34.5 Å². The number of nitrogens with one attached hydrogen (secondary N) is 2. The van der Waals surface area contributed by atoms with Gasteiger partial charge in [-0.1, -0.05) is 6.07 Å². The number of hydrogen-bond acceptors (Lipinski definition) is 4. The molecule has 2 rings (SSSR count). The van der Waals surface area contributed by atoms with Crippen molar-refractivity contribution in [1.29, 1.82) is 0 Å². The first-order valence-electron chi connectivity index (χ1n) is 6.13. The largest absolute Gasteiger partial charge is 0.398 e. The molecule has 7 heteroatoms. The minimum absolute atomic E-state index is 0.217. The summed E-state index contributed by atoms with van der Waals surface area (Å²) in [5, 5.41) is 6.42. The third-order valence-corrected chi connectivity index (χ3v) is 4.93. The number of nitrogens with two attached hydrogens (primary N) is 1. The first-order valence-corrected chi connectivity index (χ1v) is 7.61. The van der Waals surface area contributed by atoms with Crippen LogP contribution >= 0.6 is 0 Å². The van der Waals surface area contributed by atoms with Gasteiger partial charge in [0.2, 0.25) is 0 Å². The SMILES string of the molecule is Cc1cn[nH]c1NS(=O)(=O)c1c(C)cc(C)c(N)c1C. The van der Waals surface area contributed by atoms with Gasteiger partial charge >= 0.3 is 0 Å².